The molecular formula is C23H29N2O8P. The lowest BCUT2D eigenvalue weighted by molar-refractivity contribution is -0.191. The number of aromatic amines is 1. The molecule has 10 nitrogen and oxygen atoms in total. The van der Waals surface area contributed by atoms with Crippen LogP contribution in [0.3, 0.4) is 0 Å². The molecule has 4 atom stereocenters. The van der Waals surface area contributed by atoms with Crippen LogP contribution in [0.1, 0.15) is 33.9 Å². The van der Waals surface area contributed by atoms with E-state index in [-0.39, 0.29) is 13.2 Å². The van der Waals surface area contributed by atoms with Crippen LogP contribution in [0.25, 0.3) is 11.3 Å². The number of benzene rings is 1. The summed E-state index contributed by atoms with van der Waals surface area (Å²) in [6.45, 7) is 7.40. The summed E-state index contributed by atoms with van der Waals surface area (Å²) in [5.74, 6) is 0.415. The van der Waals surface area contributed by atoms with Gasteiger partial charge in [-0.15, -0.1) is 0 Å². The van der Waals surface area contributed by atoms with Gasteiger partial charge >= 0.3 is 13.3 Å². The van der Waals surface area contributed by atoms with E-state index in [1.807, 2.05) is 18.2 Å². The standard InChI is InChI=1S/C23H29N2O8P/c1-5-29-34(28,30-6-2)13-12-17-19-20(33-23(3,4)32-19)21(31-17)25-16(14-18(26)24-22(25)27)15-10-8-7-9-11-15/h7-14,17,19-21H,5-6H2,1-4H3,(H,24,26,27)/b13-12+/t17-,19-,20-,21-/m1/s1. The van der Waals surface area contributed by atoms with Gasteiger partial charge < -0.3 is 23.3 Å². The lowest BCUT2D eigenvalue weighted by Gasteiger charge is -2.25. The number of aromatic nitrogens is 2. The van der Waals surface area contributed by atoms with E-state index in [1.165, 1.54) is 16.5 Å². The SMILES string of the molecule is CCOP(=O)(/C=C/[C@H]1O[C@@H](n2c(-c3ccccc3)cc(=O)[nH]c2=O)[C@@H]2OC(C)(C)O[C@@H]21)OCC. The topological polar surface area (TPSA) is 118 Å². The van der Waals surface area contributed by atoms with E-state index in [4.69, 9.17) is 23.3 Å². The van der Waals surface area contributed by atoms with Crippen molar-refractivity contribution < 1.29 is 27.8 Å². The smallest absolute Gasteiger partial charge is 0.345 e. The minimum atomic E-state index is -3.48. The molecule has 1 aromatic heterocycles. The summed E-state index contributed by atoms with van der Waals surface area (Å²) >= 11 is 0. The van der Waals surface area contributed by atoms with Crippen LogP contribution in [0, 0.1) is 0 Å². The van der Waals surface area contributed by atoms with Gasteiger partial charge in [0.25, 0.3) is 5.56 Å². The third-order valence-electron chi connectivity index (χ3n) is 5.44. The minimum Gasteiger partial charge on any atom is -0.345 e. The van der Waals surface area contributed by atoms with Crippen LogP contribution in [-0.2, 0) is 27.8 Å². The van der Waals surface area contributed by atoms with Crippen molar-refractivity contribution in [1.82, 2.24) is 9.55 Å². The number of nitrogens with zero attached hydrogens (tertiary/aromatic N) is 1. The first-order chi connectivity index (χ1) is 16.2. The third-order valence-corrected chi connectivity index (χ3v) is 7.22. The van der Waals surface area contributed by atoms with Crippen LogP contribution in [0.5, 0.6) is 0 Å². The van der Waals surface area contributed by atoms with Gasteiger partial charge in [0.15, 0.2) is 12.0 Å². The molecule has 2 aliphatic heterocycles. The molecule has 34 heavy (non-hydrogen) atoms. The molecule has 1 aromatic carbocycles. The van der Waals surface area contributed by atoms with E-state index in [2.05, 4.69) is 4.98 Å². The van der Waals surface area contributed by atoms with Crippen molar-refractivity contribution in [2.24, 2.45) is 0 Å². The van der Waals surface area contributed by atoms with E-state index >= 15 is 0 Å². The number of ether oxygens (including phenoxy) is 3. The number of rotatable bonds is 8. The Balaban J connectivity index is 1.76. The molecule has 1 N–H and O–H groups in total. The van der Waals surface area contributed by atoms with E-state index in [0.29, 0.717) is 11.3 Å². The van der Waals surface area contributed by atoms with Crippen molar-refractivity contribution in [3.63, 3.8) is 0 Å². The molecule has 0 bridgehead atoms. The average Bonchev–Trinajstić information content (AvgIpc) is 3.26. The van der Waals surface area contributed by atoms with Crippen molar-refractivity contribution >= 4 is 7.60 Å². The molecule has 0 amide bonds. The molecule has 0 radical (unpaired) electrons. The molecule has 11 heteroatoms. The van der Waals surface area contributed by atoms with Gasteiger partial charge in [-0.05, 0) is 39.3 Å². The summed E-state index contributed by atoms with van der Waals surface area (Å²) < 4.78 is 43.3. The second-order valence-corrected chi connectivity index (χ2v) is 10.2. The van der Waals surface area contributed by atoms with Gasteiger partial charge in [0.1, 0.15) is 18.3 Å². The Bertz CT molecular complexity index is 1200. The lowest BCUT2D eigenvalue weighted by atomic mass is 10.1. The molecule has 3 heterocycles. The first-order valence-electron chi connectivity index (χ1n) is 11.2. The van der Waals surface area contributed by atoms with Crippen LogP contribution in [0.2, 0.25) is 0 Å². The zero-order chi connectivity index (χ0) is 24.5. The van der Waals surface area contributed by atoms with Crippen LogP contribution in [-0.4, -0.2) is 46.9 Å². The van der Waals surface area contributed by atoms with E-state index in [1.54, 1.807) is 45.9 Å². The van der Waals surface area contributed by atoms with Crippen molar-refractivity contribution in [2.45, 2.75) is 58.0 Å². The fraction of sp³-hybridized carbons (Fsp3) is 0.478. The molecule has 0 spiro atoms. The Morgan fingerprint density at radius 1 is 1.09 bits per heavy atom. The van der Waals surface area contributed by atoms with Crippen molar-refractivity contribution in [1.29, 1.82) is 0 Å². The third kappa shape index (κ3) is 5.02. The van der Waals surface area contributed by atoms with E-state index < -0.39 is 49.2 Å². The second-order valence-electron chi connectivity index (χ2n) is 8.33. The zero-order valence-corrected chi connectivity index (χ0v) is 20.4. The maximum atomic E-state index is 13.0. The highest BCUT2D eigenvalue weighted by Crippen LogP contribution is 2.51. The molecule has 0 unspecified atom stereocenters. The van der Waals surface area contributed by atoms with Gasteiger partial charge in [0.2, 0.25) is 0 Å². The Kier molecular flexibility index (Phi) is 7.09. The van der Waals surface area contributed by atoms with E-state index in [0.717, 1.165) is 0 Å². The summed E-state index contributed by atoms with van der Waals surface area (Å²) in [6.07, 6.45) is -1.34. The number of H-pyrrole nitrogens is 1. The predicted molar refractivity (Wildman–Crippen MR) is 124 cm³/mol. The van der Waals surface area contributed by atoms with Crippen LogP contribution < -0.4 is 11.2 Å². The monoisotopic (exact) mass is 492 g/mol. The molecular weight excluding hydrogens is 463 g/mol. The molecule has 0 saturated carbocycles. The van der Waals surface area contributed by atoms with Gasteiger partial charge in [-0.1, -0.05) is 30.3 Å². The number of nitrogens with one attached hydrogen (secondary N) is 1. The average molecular weight is 492 g/mol. The summed E-state index contributed by atoms with van der Waals surface area (Å²) in [5.41, 5.74) is -0.114. The van der Waals surface area contributed by atoms with Crippen molar-refractivity contribution in [3.05, 3.63) is 69.1 Å². The van der Waals surface area contributed by atoms with Gasteiger partial charge in [-0.3, -0.25) is 18.9 Å². The van der Waals surface area contributed by atoms with E-state index in [9.17, 15) is 14.2 Å². The maximum absolute atomic E-state index is 13.0. The fourth-order valence-corrected chi connectivity index (χ4v) is 5.58. The number of hydrogen-bond donors (Lipinski definition) is 1. The Morgan fingerprint density at radius 3 is 2.38 bits per heavy atom. The van der Waals surface area contributed by atoms with Crippen molar-refractivity contribution in [3.8, 4) is 11.3 Å². The number of fused-ring (bicyclic) bond motifs is 1. The van der Waals surface area contributed by atoms with Gasteiger partial charge in [-0.25, -0.2) is 4.79 Å². The first kappa shape index (κ1) is 24.8. The highest BCUT2D eigenvalue weighted by Gasteiger charge is 2.56. The molecule has 2 fully saturated rings. The molecule has 2 aliphatic rings. The lowest BCUT2D eigenvalue weighted by Crippen LogP contribution is -2.38. The predicted octanol–water partition coefficient (Wildman–Crippen LogP) is 3.40. The Hall–Kier alpha value is -2.33. The highest BCUT2D eigenvalue weighted by atomic mass is 31.2. The minimum absolute atomic E-state index is 0.210. The number of hydrogen-bond acceptors (Lipinski definition) is 8. The summed E-state index contributed by atoms with van der Waals surface area (Å²) in [5, 5.41) is 0. The van der Waals surface area contributed by atoms with Crippen molar-refractivity contribution in [2.75, 3.05) is 13.2 Å². The summed E-state index contributed by atoms with van der Waals surface area (Å²) in [4.78, 5) is 27.4. The second kappa shape index (κ2) is 9.73. The summed E-state index contributed by atoms with van der Waals surface area (Å²) in [6, 6.07) is 10.4. The molecule has 2 aromatic rings. The Labute approximate surface area is 197 Å². The Morgan fingerprint density at radius 2 is 1.74 bits per heavy atom. The van der Waals surface area contributed by atoms with Gasteiger partial charge in [0, 0.05) is 11.9 Å². The normalized spacial score (nSPS) is 26.2. The largest absolute Gasteiger partial charge is 0.353 e. The summed E-state index contributed by atoms with van der Waals surface area (Å²) in [7, 11) is -3.48. The maximum Gasteiger partial charge on any atom is 0.353 e. The van der Waals surface area contributed by atoms with Gasteiger partial charge in [0.05, 0.1) is 18.9 Å². The highest BCUT2D eigenvalue weighted by molar-refractivity contribution is 7.57. The molecule has 2 saturated heterocycles. The fourth-order valence-electron chi connectivity index (χ4n) is 4.23. The van der Waals surface area contributed by atoms with Crippen LogP contribution in [0.15, 0.2) is 57.9 Å². The first-order valence-corrected chi connectivity index (χ1v) is 12.8. The van der Waals surface area contributed by atoms with Gasteiger partial charge in [-0.2, -0.15) is 0 Å². The molecule has 0 aliphatic carbocycles. The molecule has 4 rings (SSSR count). The van der Waals surface area contributed by atoms with Crippen LogP contribution in [0.4, 0.5) is 0 Å². The van der Waals surface area contributed by atoms with Crippen LogP contribution >= 0.6 is 7.60 Å². The quantitative estimate of drug-likeness (QED) is 0.557. The molecule has 184 valence electrons. The zero-order valence-electron chi connectivity index (χ0n) is 19.5.